The van der Waals surface area contributed by atoms with Crippen LogP contribution in [0.5, 0.6) is 0 Å². The predicted molar refractivity (Wildman–Crippen MR) is 112 cm³/mol. The zero-order chi connectivity index (χ0) is 21.8. The van der Waals surface area contributed by atoms with Crippen LogP contribution in [0.1, 0.15) is 23.9 Å². The third-order valence-corrected chi connectivity index (χ3v) is 8.21. The van der Waals surface area contributed by atoms with Crippen LogP contribution in [-0.4, -0.2) is 54.5 Å². The first-order chi connectivity index (χ1) is 14.8. The van der Waals surface area contributed by atoms with Crippen molar-refractivity contribution in [2.45, 2.75) is 24.3 Å². The highest BCUT2D eigenvalue weighted by Gasteiger charge is 2.55. The Balaban J connectivity index is 1.32. The predicted octanol–water partition coefficient (Wildman–Crippen LogP) is 3.25. The van der Waals surface area contributed by atoms with Gasteiger partial charge in [0.2, 0.25) is 21.8 Å². The molecule has 3 heterocycles. The van der Waals surface area contributed by atoms with Crippen LogP contribution in [-0.2, 0) is 10.0 Å². The van der Waals surface area contributed by atoms with Crippen LogP contribution in [0.3, 0.4) is 0 Å². The molecule has 0 radical (unpaired) electrons. The van der Waals surface area contributed by atoms with E-state index in [-0.39, 0.29) is 16.4 Å². The Bertz CT molecular complexity index is 1220. The van der Waals surface area contributed by atoms with Crippen LogP contribution in [0, 0.1) is 18.2 Å². The molecule has 2 fully saturated rings. The molecular weight excluding hydrogens is 419 g/mol. The molecule has 3 aromatic rings. The van der Waals surface area contributed by atoms with E-state index < -0.39 is 15.8 Å². The number of aryl methyl sites for hydroxylation is 1. The fourth-order valence-corrected chi connectivity index (χ4v) is 6.61. The number of halogens is 1. The van der Waals surface area contributed by atoms with Gasteiger partial charge in [-0.05, 0) is 50.2 Å². The van der Waals surface area contributed by atoms with Gasteiger partial charge < -0.3 is 4.42 Å². The molecule has 0 amide bonds. The topological polar surface area (TPSA) is 79.5 Å². The van der Waals surface area contributed by atoms with Crippen LogP contribution in [0.2, 0.25) is 0 Å². The van der Waals surface area contributed by atoms with Crippen molar-refractivity contribution in [2.24, 2.45) is 5.41 Å². The van der Waals surface area contributed by atoms with Gasteiger partial charge >= 0.3 is 0 Å². The molecule has 162 valence electrons. The van der Waals surface area contributed by atoms with Gasteiger partial charge in [-0.1, -0.05) is 24.3 Å². The lowest BCUT2D eigenvalue weighted by Crippen LogP contribution is -2.59. The summed E-state index contributed by atoms with van der Waals surface area (Å²) in [5, 5.41) is 8.44. The summed E-state index contributed by atoms with van der Waals surface area (Å²) in [6.45, 7) is 3.20. The van der Waals surface area contributed by atoms with Gasteiger partial charge in [0.25, 0.3) is 0 Å². The summed E-state index contributed by atoms with van der Waals surface area (Å²) in [5.41, 5.74) is 1.24. The summed E-state index contributed by atoms with van der Waals surface area (Å²) in [7, 11) is -1.74. The zero-order valence-electron chi connectivity index (χ0n) is 17.3. The molecule has 2 aliphatic heterocycles. The molecular formula is C22H23FN4O3S. The van der Waals surface area contributed by atoms with Crippen LogP contribution >= 0.6 is 0 Å². The monoisotopic (exact) mass is 442 g/mol. The van der Waals surface area contributed by atoms with Gasteiger partial charge in [-0.3, -0.25) is 4.90 Å². The number of likely N-dealkylation sites (tertiary alicyclic amines) is 1. The summed E-state index contributed by atoms with van der Waals surface area (Å²) < 4.78 is 47.1. The standard InChI is InChI=1S/C22H23FN4O3S/c1-15-8-9-17(23)10-19(15)31(28,29)27-13-22(14-27)11-18(26(2)12-22)21-25-24-20(30-21)16-6-4-3-5-7-16/h3-10,18H,11-14H2,1-2H3. The Kier molecular flexibility index (Phi) is 4.72. The van der Waals surface area contributed by atoms with E-state index in [1.54, 1.807) is 6.92 Å². The lowest BCUT2D eigenvalue weighted by Gasteiger charge is -2.47. The second-order valence-electron chi connectivity index (χ2n) is 8.63. The van der Waals surface area contributed by atoms with Gasteiger partial charge in [-0.15, -0.1) is 10.2 Å². The van der Waals surface area contributed by atoms with Crippen molar-refractivity contribution < 1.29 is 17.2 Å². The first-order valence-electron chi connectivity index (χ1n) is 10.1. The molecule has 2 aliphatic rings. The SMILES string of the molecule is Cc1ccc(F)cc1S(=O)(=O)N1CC2(CC(c3nnc(-c4ccccc4)o3)N(C)C2)C1. The lowest BCUT2D eigenvalue weighted by molar-refractivity contribution is 0.0808. The molecule has 0 saturated carbocycles. The summed E-state index contributed by atoms with van der Waals surface area (Å²) in [6, 6.07) is 13.4. The number of hydrogen-bond acceptors (Lipinski definition) is 6. The minimum atomic E-state index is -3.73. The summed E-state index contributed by atoms with van der Waals surface area (Å²) >= 11 is 0. The first-order valence-corrected chi connectivity index (χ1v) is 11.6. The molecule has 1 spiro atoms. The molecule has 1 unspecified atom stereocenters. The molecule has 1 aromatic heterocycles. The van der Waals surface area contributed by atoms with Crippen molar-refractivity contribution in [2.75, 3.05) is 26.7 Å². The fourth-order valence-electron chi connectivity index (χ4n) is 4.70. The maximum atomic E-state index is 13.7. The molecule has 7 nitrogen and oxygen atoms in total. The fraction of sp³-hybridized carbons (Fsp3) is 0.364. The highest BCUT2D eigenvalue weighted by Crippen LogP contribution is 2.49. The van der Waals surface area contributed by atoms with Crippen molar-refractivity contribution >= 4 is 10.0 Å². The van der Waals surface area contributed by atoms with E-state index in [4.69, 9.17) is 4.42 Å². The summed E-state index contributed by atoms with van der Waals surface area (Å²) in [6.07, 6.45) is 0.730. The number of aromatic nitrogens is 2. The van der Waals surface area contributed by atoms with Gasteiger partial charge in [-0.2, -0.15) is 4.31 Å². The Hall–Kier alpha value is -2.62. The maximum Gasteiger partial charge on any atom is 0.247 e. The van der Waals surface area contributed by atoms with Crippen LogP contribution in [0.25, 0.3) is 11.5 Å². The Morgan fingerprint density at radius 1 is 1.10 bits per heavy atom. The Labute approximate surface area is 180 Å². The third kappa shape index (κ3) is 3.46. The van der Waals surface area contributed by atoms with Gasteiger partial charge in [-0.25, -0.2) is 12.8 Å². The van der Waals surface area contributed by atoms with Crippen LogP contribution < -0.4 is 0 Å². The zero-order valence-corrected chi connectivity index (χ0v) is 18.1. The van der Waals surface area contributed by atoms with E-state index in [1.807, 2.05) is 37.4 Å². The minimum absolute atomic E-state index is 0.0367. The first kappa shape index (κ1) is 20.3. The molecule has 31 heavy (non-hydrogen) atoms. The molecule has 2 aromatic carbocycles. The van der Waals surface area contributed by atoms with Gasteiger partial charge in [0.1, 0.15) is 5.82 Å². The van der Waals surface area contributed by atoms with Crippen molar-refractivity contribution in [1.82, 2.24) is 19.4 Å². The number of rotatable bonds is 4. The highest BCUT2D eigenvalue weighted by molar-refractivity contribution is 7.89. The Morgan fingerprint density at radius 2 is 1.84 bits per heavy atom. The average molecular weight is 443 g/mol. The molecule has 5 rings (SSSR count). The van der Waals surface area contributed by atoms with Crippen LogP contribution in [0.15, 0.2) is 57.8 Å². The van der Waals surface area contributed by atoms with Crippen molar-refractivity contribution in [3.8, 4) is 11.5 Å². The quantitative estimate of drug-likeness (QED) is 0.617. The molecule has 0 bridgehead atoms. The maximum absolute atomic E-state index is 13.7. The minimum Gasteiger partial charge on any atom is -0.419 e. The van der Waals surface area contributed by atoms with Gasteiger partial charge in [0.05, 0.1) is 10.9 Å². The number of sulfonamides is 1. The summed E-state index contributed by atoms with van der Waals surface area (Å²) in [4.78, 5) is 2.18. The molecule has 2 saturated heterocycles. The second kappa shape index (κ2) is 7.22. The molecule has 0 aliphatic carbocycles. The van der Waals surface area contributed by atoms with E-state index in [9.17, 15) is 12.8 Å². The van der Waals surface area contributed by atoms with Gasteiger partial charge in [0, 0.05) is 30.6 Å². The van der Waals surface area contributed by atoms with E-state index in [2.05, 4.69) is 15.1 Å². The number of benzene rings is 2. The normalized spacial score (nSPS) is 21.5. The van der Waals surface area contributed by atoms with Crippen LogP contribution in [0.4, 0.5) is 4.39 Å². The van der Waals surface area contributed by atoms with Crippen molar-refractivity contribution in [3.05, 3.63) is 65.8 Å². The smallest absolute Gasteiger partial charge is 0.247 e. The molecule has 0 N–H and O–H groups in total. The van der Waals surface area contributed by atoms with Gasteiger partial charge in [0.15, 0.2) is 0 Å². The molecule has 9 heteroatoms. The largest absolute Gasteiger partial charge is 0.419 e. The van der Waals surface area contributed by atoms with Crippen molar-refractivity contribution in [3.63, 3.8) is 0 Å². The van der Waals surface area contributed by atoms with E-state index in [0.717, 1.165) is 24.6 Å². The Morgan fingerprint density at radius 3 is 2.58 bits per heavy atom. The van der Waals surface area contributed by atoms with E-state index in [0.29, 0.717) is 30.4 Å². The van der Waals surface area contributed by atoms with E-state index >= 15 is 0 Å². The lowest BCUT2D eigenvalue weighted by atomic mass is 9.79. The highest BCUT2D eigenvalue weighted by atomic mass is 32.2. The van der Waals surface area contributed by atoms with Crippen molar-refractivity contribution in [1.29, 1.82) is 0 Å². The average Bonchev–Trinajstić information content (AvgIpc) is 3.34. The molecule has 1 atom stereocenters. The third-order valence-electron chi connectivity index (χ3n) is 6.28. The van der Waals surface area contributed by atoms with E-state index in [1.165, 1.54) is 16.4 Å². The number of hydrogen-bond donors (Lipinski definition) is 0. The number of nitrogens with zero attached hydrogens (tertiary/aromatic N) is 4. The second-order valence-corrected chi connectivity index (χ2v) is 10.5. The summed E-state index contributed by atoms with van der Waals surface area (Å²) in [5.74, 6) is 0.468.